The molecule has 0 aliphatic rings. The van der Waals surface area contributed by atoms with Gasteiger partial charge in [0.2, 0.25) is 0 Å². The average molecular weight is 244 g/mol. The predicted molar refractivity (Wildman–Crippen MR) is 73.6 cm³/mol. The van der Waals surface area contributed by atoms with Crippen LogP contribution in [0.2, 0.25) is 0 Å². The van der Waals surface area contributed by atoms with Gasteiger partial charge in [-0.2, -0.15) is 0 Å². The molecule has 3 nitrogen and oxygen atoms in total. The van der Waals surface area contributed by atoms with Crippen molar-refractivity contribution in [3.8, 4) is 11.3 Å². The van der Waals surface area contributed by atoms with Crippen LogP contribution in [0.3, 0.4) is 0 Å². The number of H-pyrrole nitrogens is 1. The highest BCUT2D eigenvalue weighted by Crippen LogP contribution is 2.26. The van der Waals surface area contributed by atoms with Gasteiger partial charge in [0.25, 0.3) is 0 Å². The third-order valence-corrected chi connectivity index (χ3v) is 3.15. The van der Waals surface area contributed by atoms with Crippen LogP contribution in [0.4, 0.5) is 0 Å². The number of aryl methyl sites for hydroxylation is 4. The molecule has 0 bridgehead atoms. The number of imidazole rings is 1. The van der Waals surface area contributed by atoms with Crippen molar-refractivity contribution < 1.29 is 5.11 Å². The lowest BCUT2D eigenvalue weighted by Crippen LogP contribution is -1.91. The van der Waals surface area contributed by atoms with E-state index in [0.29, 0.717) is 0 Å². The molecule has 0 fully saturated rings. The fourth-order valence-corrected chi connectivity index (χ4v) is 2.14. The van der Waals surface area contributed by atoms with E-state index >= 15 is 0 Å². The minimum absolute atomic E-state index is 0.207. The SMILES string of the molecule is Cc1ccc(C)c(-c2nc(CCCO)[nH]c2C)c1. The molecule has 0 amide bonds. The lowest BCUT2D eigenvalue weighted by atomic mass is 10.0. The second-order valence-corrected chi connectivity index (χ2v) is 4.80. The summed E-state index contributed by atoms with van der Waals surface area (Å²) in [7, 11) is 0. The summed E-state index contributed by atoms with van der Waals surface area (Å²) in [6, 6.07) is 6.42. The molecule has 0 spiro atoms. The van der Waals surface area contributed by atoms with Gasteiger partial charge in [-0.3, -0.25) is 0 Å². The van der Waals surface area contributed by atoms with Gasteiger partial charge < -0.3 is 10.1 Å². The second-order valence-electron chi connectivity index (χ2n) is 4.80. The monoisotopic (exact) mass is 244 g/mol. The minimum Gasteiger partial charge on any atom is -0.396 e. The zero-order chi connectivity index (χ0) is 13.1. The molecule has 2 N–H and O–H groups in total. The largest absolute Gasteiger partial charge is 0.396 e. The molecule has 0 unspecified atom stereocenters. The van der Waals surface area contributed by atoms with E-state index in [9.17, 15) is 0 Å². The van der Waals surface area contributed by atoms with E-state index in [2.05, 4.69) is 42.0 Å². The van der Waals surface area contributed by atoms with Gasteiger partial charge in [0.1, 0.15) is 5.82 Å². The molecule has 0 saturated heterocycles. The van der Waals surface area contributed by atoms with E-state index in [4.69, 9.17) is 5.11 Å². The molecule has 96 valence electrons. The van der Waals surface area contributed by atoms with Crippen molar-refractivity contribution in [1.82, 2.24) is 9.97 Å². The maximum absolute atomic E-state index is 8.86. The van der Waals surface area contributed by atoms with Crippen molar-refractivity contribution in [2.45, 2.75) is 33.6 Å². The quantitative estimate of drug-likeness (QED) is 0.868. The Morgan fingerprint density at radius 1 is 1.22 bits per heavy atom. The Morgan fingerprint density at radius 3 is 2.72 bits per heavy atom. The molecule has 1 aromatic carbocycles. The Kier molecular flexibility index (Phi) is 3.82. The molecular formula is C15H20N2O. The van der Waals surface area contributed by atoms with Gasteiger partial charge >= 0.3 is 0 Å². The predicted octanol–water partition coefficient (Wildman–Crippen LogP) is 2.93. The van der Waals surface area contributed by atoms with E-state index in [0.717, 1.165) is 30.1 Å². The van der Waals surface area contributed by atoms with Crippen LogP contribution in [0.1, 0.15) is 29.1 Å². The zero-order valence-corrected chi connectivity index (χ0v) is 11.2. The number of aliphatic hydroxyl groups is 1. The van der Waals surface area contributed by atoms with Crippen molar-refractivity contribution in [3.05, 3.63) is 40.8 Å². The molecule has 0 atom stereocenters. The third-order valence-electron chi connectivity index (χ3n) is 3.15. The number of hydrogen-bond acceptors (Lipinski definition) is 2. The van der Waals surface area contributed by atoms with Gasteiger partial charge in [0.05, 0.1) is 5.69 Å². The molecule has 1 aromatic heterocycles. The number of nitrogens with zero attached hydrogens (tertiary/aromatic N) is 1. The Morgan fingerprint density at radius 2 is 2.00 bits per heavy atom. The smallest absolute Gasteiger partial charge is 0.107 e. The number of aromatic amines is 1. The molecule has 0 radical (unpaired) electrons. The normalized spacial score (nSPS) is 10.9. The molecular weight excluding hydrogens is 224 g/mol. The van der Waals surface area contributed by atoms with Gasteiger partial charge in [-0.05, 0) is 38.8 Å². The standard InChI is InChI=1S/C15H20N2O/c1-10-6-7-11(2)13(9-10)15-12(3)16-14(17-15)5-4-8-18/h6-7,9,18H,4-5,8H2,1-3H3,(H,16,17). The number of rotatable bonds is 4. The van der Waals surface area contributed by atoms with Crippen LogP contribution in [-0.4, -0.2) is 21.7 Å². The average Bonchev–Trinajstić information content (AvgIpc) is 2.71. The van der Waals surface area contributed by atoms with Crippen LogP contribution in [0.25, 0.3) is 11.3 Å². The first-order valence-corrected chi connectivity index (χ1v) is 6.36. The fraction of sp³-hybridized carbons (Fsp3) is 0.400. The molecule has 0 aliphatic heterocycles. The highest BCUT2D eigenvalue weighted by Gasteiger charge is 2.11. The second kappa shape index (κ2) is 5.36. The molecule has 2 aromatic rings. The molecule has 0 saturated carbocycles. The maximum atomic E-state index is 8.86. The Balaban J connectivity index is 2.38. The van der Waals surface area contributed by atoms with Crippen molar-refractivity contribution in [3.63, 3.8) is 0 Å². The first kappa shape index (κ1) is 12.8. The van der Waals surface area contributed by atoms with Gasteiger partial charge in [0.15, 0.2) is 0 Å². The van der Waals surface area contributed by atoms with E-state index < -0.39 is 0 Å². The summed E-state index contributed by atoms with van der Waals surface area (Å²) >= 11 is 0. The summed E-state index contributed by atoms with van der Waals surface area (Å²) in [5.74, 6) is 0.956. The third kappa shape index (κ3) is 2.62. The Labute approximate surface area is 108 Å². The highest BCUT2D eigenvalue weighted by atomic mass is 16.2. The van der Waals surface area contributed by atoms with Crippen LogP contribution in [0.5, 0.6) is 0 Å². The van der Waals surface area contributed by atoms with Crippen molar-refractivity contribution in [2.75, 3.05) is 6.61 Å². The Hall–Kier alpha value is -1.61. The number of nitrogens with one attached hydrogen (secondary N) is 1. The highest BCUT2D eigenvalue weighted by molar-refractivity contribution is 5.66. The van der Waals surface area contributed by atoms with Crippen LogP contribution in [-0.2, 0) is 6.42 Å². The first-order valence-electron chi connectivity index (χ1n) is 6.36. The van der Waals surface area contributed by atoms with Gasteiger partial charge in [-0.25, -0.2) is 4.98 Å². The summed E-state index contributed by atoms with van der Waals surface area (Å²) in [6.07, 6.45) is 1.54. The number of aliphatic hydroxyl groups excluding tert-OH is 1. The molecule has 18 heavy (non-hydrogen) atoms. The summed E-state index contributed by atoms with van der Waals surface area (Å²) in [5, 5.41) is 8.86. The lowest BCUT2D eigenvalue weighted by molar-refractivity contribution is 0.287. The van der Waals surface area contributed by atoms with Gasteiger partial charge in [0, 0.05) is 24.3 Å². The van der Waals surface area contributed by atoms with E-state index in [1.54, 1.807) is 0 Å². The van der Waals surface area contributed by atoms with Crippen LogP contribution >= 0.6 is 0 Å². The van der Waals surface area contributed by atoms with Crippen molar-refractivity contribution in [2.24, 2.45) is 0 Å². The summed E-state index contributed by atoms with van der Waals surface area (Å²) in [5.41, 5.74) is 5.80. The Bertz CT molecular complexity index is 543. The maximum Gasteiger partial charge on any atom is 0.107 e. The number of aromatic nitrogens is 2. The van der Waals surface area contributed by atoms with E-state index in [-0.39, 0.29) is 6.61 Å². The van der Waals surface area contributed by atoms with Crippen LogP contribution in [0.15, 0.2) is 18.2 Å². The summed E-state index contributed by atoms with van der Waals surface area (Å²) < 4.78 is 0. The topological polar surface area (TPSA) is 48.9 Å². The molecule has 2 rings (SSSR count). The van der Waals surface area contributed by atoms with E-state index in [1.807, 2.05) is 6.92 Å². The van der Waals surface area contributed by atoms with Gasteiger partial charge in [-0.15, -0.1) is 0 Å². The van der Waals surface area contributed by atoms with Crippen molar-refractivity contribution in [1.29, 1.82) is 0 Å². The van der Waals surface area contributed by atoms with Crippen LogP contribution < -0.4 is 0 Å². The van der Waals surface area contributed by atoms with E-state index in [1.165, 1.54) is 16.7 Å². The molecule has 1 heterocycles. The zero-order valence-electron chi connectivity index (χ0n) is 11.2. The first-order chi connectivity index (χ1) is 8.61. The molecule has 3 heteroatoms. The fourth-order valence-electron chi connectivity index (χ4n) is 2.14. The number of hydrogen-bond donors (Lipinski definition) is 2. The minimum atomic E-state index is 0.207. The molecule has 0 aliphatic carbocycles. The summed E-state index contributed by atoms with van der Waals surface area (Å²) in [4.78, 5) is 7.96. The van der Waals surface area contributed by atoms with Crippen molar-refractivity contribution >= 4 is 0 Å². The summed E-state index contributed by atoms with van der Waals surface area (Å²) in [6.45, 7) is 6.46. The lowest BCUT2D eigenvalue weighted by Gasteiger charge is -2.05. The van der Waals surface area contributed by atoms with Gasteiger partial charge in [-0.1, -0.05) is 17.7 Å². The number of benzene rings is 1. The van der Waals surface area contributed by atoms with Crippen LogP contribution in [0, 0.1) is 20.8 Å².